The number of ether oxygens (including phenoxy) is 1. The first-order chi connectivity index (χ1) is 43.6. The predicted octanol–water partition coefficient (Wildman–Crippen LogP) is 9.23. The summed E-state index contributed by atoms with van der Waals surface area (Å²) in [6.45, 7) is 19.9. The van der Waals surface area contributed by atoms with Crippen LogP contribution >= 0.6 is 0 Å². The van der Waals surface area contributed by atoms with E-state index in [1.165, 1.54) is 13.2 Å². The third kappa shape index (κ3) is 13.9. The Bertz CT molecular complexity index is 4820. The smallest absolute Gasteiger partial charge is 0.265 e. The Kier molecular flexibility index (Phi) is 20.1. The molecule has 6 aromatic heterocycles. The number of fused-ring (bicyclic) bond motifs is 9. The van der Waals surface area contributed by atoms with Gasteiger partial charge in [0.15, 0.2) is 16.9 Å². The van der Waals surface area contributed by atoms with E-state index in [0.29, 0.717) is 111 Å². The van der Waals surface area contributed by atoms with E-state index in [4.69, 9.17) is 9.72 Å². The van der Waals surface area contributed by atoms with Crippen molar-refractivity contribution >= 4 is 99.7 Å². The first-order valence-corrected chi connectivity index (χ1v) is 30.6. The van der Waals surface area contributed by atoms with Crippen LogP contribution in [-0.2, 0) is 4.74 Å². The Morgan fingerprint density at radius 3 is 1.10 bits per heavy atom. The lowest BCUT2D eigenvalue weighted by atomic mass is 10.1. The maximum absolute atomic E-state index is 13.1. The monoisotopic (exact) mass is 1210 g/mol. The summed E-state index contributed by atoms with van der Waals surface area (Å²) in [5, 5.41) is 16.5. The molecule has 462 valence electrons. The molecule has 19 nitrogen and oxygen atoms in total. The third-order valence-corrected chi connectivity index (χ3v) is 16.3. The number of amides is 3. The molecule has 12 aromatic rings. The first-order valence-electron chi connectivity index (χ1n) is 30.6. The van der Waals surface area contributed by atoms with Gasteiger partial charge in [-0.15, -0.1) is 0 Å². The van der Waals surface area contributed by atoms with Crippen molar-refractivity contribution in [2.24, 2.45) is 0 Å². The van der Waals surface area contributed by atoms with Crippen molar-refractivity contribution in [1.29, 1.82) is 0 Å². The van der Waals surface area contributed by atoms with Gasteiger partial charge in [0.05, 0.1) is 56.0 Å². The highest BCUT2D eigenvalue weighted by atomic mass is 16.5. The first kappa shape index (κ1) is 63.2. The highest BCUT2D eigenvalue weighted by Gasteiger charge is 2.20. The Hall–Kier alpha value is -9.79. The van der Waals surface area contributed by atoms with Gasteiger partial charge in [-0.25, -0.2) is 15.0 Å². The molecule has 0 radical (unpaired) electrons. The molecule has 19 heteroatoms. The summed E-state index contributed by atoms with van der Waals surface area (Å²) in [5.41, 5.74) is 3.52. The molecule has 0 aliphatic heterocycles. The summed E-state index contributed by atoms with van der Waals surface area (Å²) in [7, 11) is 3.64. The summed E-state index contributed by atoms with van der Waals surface area (Å²) >= 11 is 0. The van der Waals surface area contributed by atoms with Crippen molar-refractivity contribution in [1.82, 2.24) is 58.8 Å². The van der Waals surface area contributed by atoms with Gasteiger partial charge < -0.3 is 30.5 Å². The molecular formula is C71H76N12O7. The normalized spacial score (nSPS) is 11.7. The summed E-state index contributed by atoms with van der Waals surface area (Å²) in [4.78, 5) is 98.5. The van der Waals surface area contributed by atoms with E-state index in [2.05, 4.69) is 82.2 Å². The standard InChI is InChI=1S/C25H28N4O2.C23H24N4O3.C23H24N4O2/c1-16(2)28(17(3)4)13-11-26-24(30)20-10-7-12-29-23(20)27-22-15-19-9-6-5-8-18(19)14-21(22)25(29)31;1-26(12-13-30-2)11-9-24-22(28)18-8-5-10-27-21(18)25-20-15-17-7-4-3-6-16(17)14-19(20)23(27)29;1-3-26(4-2)13-11-24-22(28)18-10-7-12-27-21(18)25-20-15-17-9-6-5-8-16(17)14-19(20)23(27)29/h5-10,12,14-17H,11,13H2,1-4H3,(H,26,30);3-8,10,14-15H,9,11-13H2,1-2H3,(H,24,28);5-10,12,14-15H,3-4,11,13H2,1-2H3,(H,24,28). The predicted molar refractivity (Wildman–Crippen MR) is 361 cm³/mol. The van der Waals surface area contributed by atoms with E-state index in [-0.39, 0.29) is 34.4 Å². The van der Waals surface area contributed by atoms with Crippen LogP contribution in [0.15, 0.2) is 179 Å². The van der Waals surface area contributed by atoms with Crippen LogP contribution in [0.4, 0.5) is 0 Å². The fraction of sp³-hybridized carbons (Fsp3) is 0.282. The van der Waals surface area contributed by atoms with Gasteiger partial charge >= 0.3 is 0 Å². The fourth-order valence-electron chi connectivity index (χ4n) is 11.4. The molecule has 90 heavy (non-hydrogen) atoms. The van der Waals surface area contributed by atoms with E-state index in [1.807, 2.05) is 116 Å². The lowest BCUT2D eigenvalue weighted by Gasteiger charge is -2.30. The SMILES string of the molecule is CC(C)N(CCNC(=O)c1cccn2c(=O)c3cc4ccccc4cc3nc12)C(C)C.CCN(CC)CCNC(=O)c1cccn2c(=O)c3cc4ccccc4cc3nc12.COCCN(C)CCNC(=O)c1cccn2c(=O)c3cc4ccccc4cc3nc12. The van der Waals surface area contributed by atoms with Crippen molar-refractivity contribution in [2.45, 2.75) is 53.6 Å². The van der Waals surface area contributed by atoms with Crippen LogP contribution in [0.25, 0.3) is 82.0 Å². The fourth-order valence-corrected chi connectivity index (χ4v) is 11.4. The van der Waals surface area contributed by atoms with E-state index in [9.17, 15) is 28.8 Å². The van der Waals surface area contributed by atoms with Crippen molar-refractivity contribution in [2.75, 3.05) is 79.7 Å². The molecule has 0 unspecified atom stereocenters. The summed E-state index contributed by atoms with van der Waals surface area (Å²) in [6.07, 6.45) is 4.97. The molecule has 0 saturated carbocycles. The number of carbonyl (C=O) groups is 3. The molecule has 3 N–H and O–H groups in total. The Balaban J connectivity index is 0.000000149. The highest BCUT2D eigenvalue weighted by Crippen LogP contribution is 2.24. The van der Waals surface area contributed by atoms with Crippen molar-refractivity contribution < 1.29 is 19.1 Å². The zero-order valence-corrected chi connectivity index (χ0v) is 52.2. The molecule has 0 spiro atoms. The van der Waals surface area contributed by atoms with Crippen LogP contribution in [0.5, 0.6) is 0 Å². The van der Waals surface area contributed by atoms with Gasteiger partial charge in [0, 0.05) is 83.6 Å². The number of hydrogen-bond acceptors (Lipinski definition) is 13. The third-order valence-electron chi connectivity index (χ3n) is 16.3. The number of rotatable bonds is 19. The lowest BCUT2D eigenvalue weighted by Crippen LogP contribution is -2.42. The minimum Gasteiger partial charge on any atom is -0.383 e. The van der Waals surface area contributed by atoms with Crippen LogP contribution in [0.1, 0.15) is 72.6 Å². The van der Waals surface area contributed by atoms with E-state index in [1.54, 1.807) is 62.1 Å². The second kappa shape index (κ2) is 28.6. The maximum atomic E-state index is 13.1. The molecule has 6 aromatic carbocycles. The number of nitrogens with zero attached hydrogens (tertiary/aromatic N) is 9. The number of nitrogens with one attached hydrogen (secondary N) is 3. The average Bonchev–Trinajstić information content (AvgIpc) is 0.779. The molecule has 0 fully saturated rings. The molecule has 0 atom stereocenters. The van der Waals surface area contributed by atoms with Gasteiger partial charge in [-0.05, 0) is 153 Å². The summed E-state index contributed by atoms with van der Waals surface area (Å²) in [5.74, 6) is -0.694. The molecule has 0 bridgehead atoms. The maximum Gasteiger partial charge on any atom is 0.265 e. The van der Waals surface area contributed by atoms with E-state index >= 15 is 0 Å². The Labute approximate surface area is 520 Å². The number of pyridine rings is 3. The Morgan fingerprint density at radius 2 is 0.778 bits per heavy atom. The highest BCUT2D eigenvalue weighted by molar-refractivity contribution is 6.04. The number of methoxy groups -OCH3 is 1. The minimum atomic E-state index is -0.250. The van der Waals surface area contributed by atoms with Crippen LogP contribution < -0.4 is 32.6 Å². The van der Waals surface area contributed by atoms with Gasteiger partial charge in [-0.3, -0.25) is 46.9 Å². The van der Waals surface area contributed by atoms with Crippen molar-refractivity contribution in [3.8, 4) is 0 Å². The molecule has 3 amide bonds. The molecular weight excluding hydrogens is 1130 g/mol. The summed E-state index contributed by atoms with van der Waals surface area (Å²) < 4.78 is 9.42. The van der Waals surface area contributed by atoms with E-state index < -0.39 is 0 Å². The number of hydrogen-bond donors (Lipinski definition) is 3. The van der Waals surface area contributed by atoms with Gasteiger partial charge in [0.1, 0.15) is 0 Å². The van der Waals surface area contributed by atoms with Gasteiger partial charge in [0.2, 0.25) is 0 Å². The van der Waals surface area contributed by atoms with Crippen LogP contribution in [0.3, 0.4) is 0 Å². The molecule has 6 heterocycles. The number of aromatic nitrogens is 6. The van der Waals surface area contributed by atoms with Crippen LogP contribution in [0, 0.1) is 0 Å². The second-order valence-electron chi connectivity index (χ2n) is 22.8. The Morgan fingerprint density at radius 1 is 0.456 bits per heavy atom. The van der Waals surface area contributed by atoms with Crippen molar-refractivity contribution in [3.05, 3.63) is 212 Å². The topological polar surface area (TPSA) is 209 Å². The number of likely N-dealkylation sites (N-methyl/N-ethyl adjacent to an activating group) is 2. The number of carbonyl (C=O) groups excluding carboxylic acids is 3. The minimum absolute atomic E-state index is 0.173. The van der Waals surface area contributed by atoms with Crippen LogP contribution in [-0.4, -0.2) is 152 Å². The molecule has 0 aliphatic carbocycles. The zero-order valence-electron chi connectivity index (χ0n) is 52.2. The molecule has 0 aliphatic rings. The largest absolute Gasteiger partial charge is 0.383 e. The van der Waals surface area contributed by atoms with Gasteiger partial charge in [-0.1, -0.05) is 86.6 Å². The van der Waals surface area contributed by atoms with Gasteiger partial charge in [-0.2, -0.15) is 0 Å². The van der Waals surface area contributed by atoms with Crippen LogP contribution in [0.2, 0.25) is 0 Å². The quantitative estimate of drug-likeness (QED) is 0.0646. The molecule has 12 rings (SSSR count). The van der Waals surface area contributed by atoms with E-state index in [0.717, 1.165) is 65.0 Å². The molecule has 0 saturated heterocycles. The average molecular weight is 1210 g/mol. The second-order valence-corrected chi connectivity index (χ2v) is 22.8. The zero-order chi connectivity index (χ0) is 63.6. The number of benzene rings is 6. The summed E-state index contributed by atoms with van der Waals surface area (Å²) in [6, 6.07) is 45.9. The van der Waals surface area contributed by atoms with Crippen molar-refractivity contribution in [3.63, 3.8) is 0 Å². The lowest BCUT2D eigenvalue weighted by molar-refractivity contribution is 0.0935. The van der Waals surface area contributed by atoms with Gasteiger partial charge in [0.25, 0.3) is 34.4 Å².